The first-order valence-electron chi connectivity index (χ1n) is 5.02. The summed E-state index contributed by atoms with van der Waals surface area (Å²) in [4.78, 5) is 12.4. The summed E-state index contributed by atoms with van der Waals surface area (Å²) < 4.78 is 11.5. The molecule has 0 fully saturated rings. The zero-order valence-electron chi connectivity index (χ0n) is 8.58. The van der Waals surface area contributed by atoms with Crippen LogP contribution in [0, 0.1) is 0 Å². The maximum atomic E-state index is 11.6. The summed E-state index contributed by atoms with van der Waals surface area (Å²) in [6.45, 7) is 1.98. The summed E-state index contributed by atoms with van der Waals surface area (Å²) in [5, 5.41) is 3.04. The van der Waals surface area contributed by atoms with Crippen LogP contribution in [0.25, 0.3) is 0 Å². The molecule has 0 saturated heterocycles. The number of carbonyl (C=O) groups excluding carboxylic acids is 1. The Morgan fingerprint density at radius 2 is 2.40 bits per heavy atom. The molecule has 4 heteroatoms. The zero-order valence-corrected chi connectivity index (χ0v) is 9.39. The van der Waals surface area contributed by atoms with E-state index in [-0.39, 0.29) is 5.78 Å². The van der Waals surface area contributed by atoms with Gasteiger partial charge in [-0.25, -0.2) is 0 Å². The van der Waals surface area contributed by atoms with Crippen LogP contribution in [0.4, 0.5) is 5.69 Å². The van der Waals surface area contributed by atoms with E-state index in [2.05, 4.69) is 5.32 Å². The van der Waals surface area contributed by atoms with Crippen LogP contribution >= 0.6 is 0 Å². The minimum Gasteiger partial charge on any atom is -0.610 e. The number of anilines is 1. The Hall–Kier alpha value is -1.00. The molecule has 0 spiro atoms. The Balaban J connectivity index is 2.29. The predicted molar refractivity (Wildman–Crippen MR) is 60.6 cm³/mol. The number of benzene rings is 1. The molecule has 1 aromatic carbocycles. The van der Waals surface area contributed by atoms with E-state index in [0.29, 0.717) is 17.9 Å². The van der Waals surface area contributed by atoms with Gasteiger partial charge in [-0.1, -0.05) is 6.92 Å². The van der Waals surface area contributed by atoms with Gasteiger partial charge >= 0.3 is 0 Å². The van der Waals surface area contributed by atoms with Crippen LogP contribution in [0.15, 0.2) is 23.1 Å². The number of carbonyl (C=O) groups is 1. The number of Topliss-reactive ketones (excluding diaryl/α,β-unsaturated/α-hetero) is 1. The van der Waals surface area contributed by atoms with Gasteiger partial charge in [0.15, 0.2) is 16.6 Å². The molecule has 0 bridgehead atoms. The molecule has 1 N–H and O–H groups in total. The lowest BCUT2D eigenvalue weighted by Gasteiger charge is -2.03. The Morgan fingerprint density at radius 1 is 1.60 bits per heavy atom. The fourth-order valence-corrected chi connectivity index (χ4v) is 2.71. The van der Waals surface area contributed by atoms with E-state index in [1.54, 1.807) is 12.1 Å². The van der Waals surface area contributed by atoms with E-state index in [1.165, 1.54) is 0 Å². The summed E-state index contributed by atoms with van der Waals surface area (Å²) in [7, 11) is 0. The van der Waals surface area contributed by atoms with Gasteiger partial charge in [-0.15, -0.1) is 0 Å². The van der Waals surface area contributed by atoms with Crippen LogP contribution in [0.1, 0.15) is 30.1 Å². The Morgan fingerprint density at radius 3 is 3.13 bits per heavy atom. The van der Waals surface area contributed by atoms with Crippen LogP contribution < -0.4 is 5.32 Å². The summed E-state index contributed by atoms with van der Waals surface area (Å²) in [6.07, 6.45) is 1.40. The largest absolute Gasteiger partial charge is 0.610 e. The second-order valence-electron chi connectivity index (χ2n) is 3.55. The third kappa shape index (κ3) is 2.01. The Kier molecular flexibility index (Phi) is 2.98. The van der Waals surface area contributed by atoms with Crippen LogP contribution in [0.3, 0.4) is 0 Å². The van der Waals surface area contributed by atoms with Gasteiger partial charge in [0.25, 0.3) is 0 Å². The average Bonchev–Trinajstić information content (AvgIpc) is 2.60. The predicted octanol–water partition coefficient (Wildman–Crippen LogP) is 2.16. The van der Waals surface area contributed by atoms with Crippen molar-refractivity contribution >= 4 is 22.6 Å². The lowest BCUT2D eigenvalue weighted by atomic mass is 10.1. The second kappa shape index (κ2) is 4.24. The van der Waals surface area contributed by atoms with Crippen molar-refractivity contribution in [3.8, 4) is 0 Å². The maximum Gasteiger partial charge on any atom is 0.181 e. The number of ketones is 1. The minimum absolute atomic E-state index is 0.129. The highest BCUT2D eigenvalue weighted by molar-refractivity contribution is 7.92. The van der Waals surface area contributed by atoms with E-state index in [0.717, 1.165) is 17.0 Å². The number of fused-ring (bicyclic) bond motifs is 1. The number of hydrogen-bond acceptors (Lipinski definition) is 3. The van der Waals surface area contributed by atoms with Gasteiger partial charge in [0.1, 0.15) is 0 Å². The van der Waals surface area contributed by atoms with Crippen LogP contribution in [-0.2, 0) is 11.2 Å². The zero-order chi connectivity index (χ0) is 10.8. The lowest BCUT2D eigenvalue weighted by Crippen LogP contribution is -2.03. The van der Waals surface area contributed by atoms with Crippen LogP contribution in [0.2, 0.25) is 0 Å². The van der Waals surface area contributed by atoms with E-state index >= 15 is 0 Å². The second-order valence-corrected chi connectivity index (χ2v) is 4.97. The van der Waals surface area contributed by atoms with Gasteiger partial charge in [-0.2, -0.15) is 0 Å². The molecule has 3 nitrogen and oxygen atoms in total. The molecule has 1 aliphatic heterocycles. The summed E-state index contributed by atoms with van der Waals surface area (Å²) in [6, 6.07) is 5.39. The van der Waals surface area contributed by atoms with Crippen molar-refractivity contribution in [3.63, 3.8) is 0 Å². The Bertz CT molecular complexity index is 392. The van der Waals surface area contributed by atoms with Crippen LogP contribution in [0.5, 0.6) is 0 Å². The molecule has 0 saturated carbocycles. The van der Waals surface area contributed by atoms with Gasteiger partial charge in [-0.05, 0) is 18.6 Å². The summed E-state index contributed by atoms with van der Waals surface area (Å²) in [5.74, 6) is 0.588. The molecule has 1 atom stereocenters. The highest BCUT2D eigenvalue weighted by Crippen LogP contribution is 2.29. The van der Waals surface area contributed by atoms with Gasteiger partial charge in [0.2, 0.25) is 0 Å². The number of hydrogen-bond donors (Lipinski definition) is 1. The van der Waals surface area contributed by atoms with Gasteiger partial charge in [0.05, 0.1) is 5.69 Å². The van der Waals surface area contributed by atoms with Crippen molar-refractivity contribution < 1.29 is 9.35 Å². The molecule has 1 heterocycles. The molecule has 0 aliphatic carbocycles. The highest BCUT2D eigenvalue weighted by atomic mass is 32.2. The molecule has 1 aromatic rings. The van der Waals surface area contributed by atoms with Crippen molar-refractivity contribution in [1.82, 2.24) is 0 Å². The van der Waals surface area contributed by atoms with Crippen LogP contribution in [-0.4, -0.2) is 16.2 Å². The van der Waals surface area contributed by atoms with Gasteiger partial charge in [-0.3, -0.25) is 4.79 Å². The summed E-state index contributed by atoms with van der Waals surface area (Å²) in [5.41, 5.74) is 1.56. The molecule has 1 aliphatic rings. The highest BCUT2D eigenvalue weighted by Gasteiger charge is 2.24. The molecule has 1 unspecified atom stereocenters. The smallest absolute Gasteiger partial charge is 0.181 e. The molecule has 15 heavy (non-hydrogen) atoms. The monoisotopic (exact) mass is 223 g/mol. The fraction of sp³-hybridized carbons (Fsp3) is 0.364. The first-order chi connectivity index (χ1) is 7.22. The Labute approximate surface area is 92.1 Å². The molecule has 0 aromatic heterocycles. The first-order valence-corrected chi connectivity index (χ1v) is 6.33. The van der Waals surface area contributed by atoms with Crippen molar-refractivity contribution in [2.75, 3.05) is 11.2 Å². The SMILES string of the molecule is CCCC(=O)c1ccc2c(c1)[S+]([O-])CN2. The maximum absolute atomic E-state index is 11.6. The third-order valence-electron chi connectivity index (χ3n) is 2.42. The number of nitrogens with one attached hydrogen (secondary N) is 1. The first kappa shape index (κ1) is 10.5. The van der Waals surface area contributed by atoms with Gasteiger partial charge < -0.3 is 9.87 Å². The topological polar surface area (TPSA) is 52.2 Å². The van der Waals surface area contributed by atoms with E-state index in [4.69, 9.17) is 0 Å². The minimum atomic E-state index is -0.992. The standard InChI is InChI=1S/C11H13NO2S/c1-2-3-10(13)8-4-5-9-11(6-8)15(14)7-12-9/h4-6,12H,2-3,7H2,1H3. The average molecular weight is 223 g/mol. The normalized spacial score (nSPS) is 18.4. The quantitative estimate of drug-likeness (QED) is 0.631. The summed E-state index contributed by atoms with van der Waals surface area (Å²) >= 11 is -0.992. The van der Waals surface area contributed by atoms with Crippen molar-refractivity contribution in [2.24, 2.45) is 0 Å². The molecule has 2 rings (SSSR count). The van der Waals surface area contributed by atoms with Crippen molar-refractivity contribution in [1.29, 1.82) is 0 Å². The molecule has 0 radical (unpaired) electrons. The van der Waals surface area contributed by atoms with E-state index in [1.807, 2.05) is 13.0 Å². The molecular formula is C11H13NO2S. The van der Waals surface area contributed by atoms with Crippen molar-refractivity contribution in [3.05, 3.63) is 23.8 Å². The molecular weight excluding hydrogens is 210 g/mol. The van der Waals surface area contributed by atoms with E-state index in [9.17, 15) is 9.35 Å². The van der Waals surface area contributed by atoms with Crippen molar-refractivity contribution in [2.45, 2.75) is 24.7 Å². The molecule has 80 valence electrons. The van der Waals surface area contributed by atoms with E-state index < -0.39 is 11.2 Å². The van der Waals surface area contributed by atoms with Gasteiger partial charge in [0, 0.05) is 29.2 Å². The molecule has 0 amide bonds. The third-order valence-corrected chi connectivity index (χ3v) is 3.65. The lowest BCUT2D eigenvalue weighted by molar-refractivity contribution is 0.0981. The fourth-order valence-electron chi connectivity index (χ4n) is 1.62. The number of rotatable bonds is 3.